The molecule has 0 radical (unpaired) electrons. The average molecular weight is 616 g/mol. The molecule has 1 atom stereocenters. The number of hydrogen-bond acceptors (Lipinski definition) is 4. The van der Waals surface area contributed by atoms with Crippen LogP contribution in [0, 0.1) is 0 Å². The Morgan fingerprint density at radius 2 is 1.74 bits per heavy atom. The number of ketones is 1. The Labute approximate surface area is 253 Å². The molecule has 42 heavy (non-hydrogen) atoms. The van der Waals surface area contributed by atoms with Gasteiger partial charge in [-0.2, -0.15) is 13.2 Å². The molecule has 9 heteroatoms. The maximum atomic E-state index is 14.3. The van der Waals surface area contributed by atoms with E-state index in [0.717, 1.165) is 60.1 Å². The van der Waals surface area contributed by atoms with Crippen LogP contribution in [0.4, 0.5) is 13.2 Å². The Balaban J connectivity index is 1.50. The van der Waals surface area contributed by atoms with Crippen molar-refractivity contribution in [3.63, 3.8) is 0 Å². The summed E-state index contributed by atoms with van der Waals surface area (Å²) in [5.74, 6) is -1.01. The summed E-state index contributed by atoms with van der Waals surface area (Å²) >= 11 is 8.32. The molecule has 1 heterocycles. The molecule has 1 fully saturated rings. The van der Waals surface area contributed by atoms with E-state index in [1.165, 1.54) is 35.6 Å². The van der Waals surface area contributed by atoms with Gasteiger partial charge >= 0.3 is 6.18 Å². The Bertz CT molecular complexity index is 1490. The number of amides is 1. The molecule has 3 aromatic rings. The lowest BCUT2D eigenvalue weighted by atomic mass is 9.93. The van der Waals surface area contributed by atoms with E-state index in [-0.39, 0.29) is 11.9 Å². The zero-order chi connectivity index (χ0) is 30.0. The van der Waals surface area contributed by atoms with Crippen LogP contribution in [-0.2, 0) is 6.54 Å². The van der Waals surface area contributed by atoms with Crippen molar-refractivity contribution in [2.24, 2.45) is 0 Å². The summed E-state index contributed by atoms with van der Waals surface area (Å²) in [6.07, 6.45) is 5.15. The lowest BCUT2D eigenvalue weighted by molar-refractivity contribution is -0.0885. The van der Waals surface area contributed by atoms with Crippen molar-refractivity contribution in [2.75, 3.05) is 6.61 Å². The van der Waals surface area contributed by atoms with Crippen molar-refractivity contribution in [1.82, 2.24) is 4.90 Å². The molecule has 0 N–H and O–H groups in total. The highest BCUT2D eigenvalue weighted by atomic mass is 35.5. The summed E-state index contributed by atoms with van der Waals surface area (Å²) in [5, 5.41) is 0.510. The van der Waals surface area contributed by atoms with Gasteiger partial charge in [-0.25, -0.2) is 0 Å². The summed E-state index contributed by atoms with van der Waals surface area (Å²) in [6, 6.07) is 11.0. The second kappa shape index (κ2) is 12.6. The normalized spacial score (nSPS) is 17.1. The van der Waals surface area contributed by atoms with Crippen LogP contribution in [0.5, 0.6) is 5.75 Å². The molecule has 1 saturated carbocycles. The van der Waals surface area contributed by atoms with Crippen LogP contribution in [0.15, 0.2) is 48.5 Å². The summed E-state index contributed by atoms with van der Waals surface area (Å²) in [6.45, 7) is 4.78. The Kier molecular flexibility index (Phi) is 9.14. The third-order valence-corrected chi connectivity index (χ3v) is 9.97. The number of alkyl halides is 3. The number of ether oxygens (including phenoxy) is 1. The summed E-state index contributed by atoms with van der Waals surface area (Å²) in [4.78, 5) is 29.5. The van der Waals surface area contributed by atoms with E-state index in [0.29, 0.717) is 40.3 Å². The number of carbonyl (C=O) groups excluding carboxylic acids is 2. The maximum Gasteiger partial charge on any atom is 0.454 e. The lowest BCUT2D eigenvalue weighted by Crippen LogP contribution is -2.40. The second-order valence-electron chi connectivity index (χ2n) is 10.9. The van der Waals surface area contributed by atoms with E-state index in [9.17, 15) is 22.8 Å². The molecule has 2 aliphatic rings. The SMILES string of the molecule is CCOc1ccc(-c2ccc(C(=O)C(F)(F)F)cc2)cc1CN(C(=O)c1sc2c(c1Cl)C=CCC2C)C1CCCCC1. The molecule has 2 aliphatic carbocycles. The van der Waals surface area contributed by atoms with Crippen LogP contribution in [0.25, 0.3) is 17.2 Å². The minimum Gasteiger partial charge on any atom is -0.494 e. The van der Waals surface area contributed by atoms with Crippen LogP contribution in [-0.4, -0.2) is 35.4 Å². The van der Waals surface area contributed by atoms with E-state index in [1.807, 2.05) is 36.1 Å². The van der Waals surface area contributed by atoms with E-state index < -0.39 is 17.5 Å². The highest BCUT2D eigenvalue weighted by Gasteiger charge is 2.39. The van der Waals surface area contributed by atoms with Crippen molar-refractivity contribution in [3.05, 3.63) is 80.0 Å². The number of fused-ring (bicyclic) bond motifs is 1. The Morgan fingerprint density at radius 3 is 2.38 bits per heavy atom. The van der Waals surface area contributed by atoms with Gasteiger partial charge in [0, 0.05) is 34.2 Å². The van der Waals surface area contributed by atoms with Gasteiger partial charge in [-0.3, -0.25) is 9.59 Å². The molecule has 0 saturated heterocycles. The van der Waals surface area contributed by atoms with Crippen molar-refractivity contribution in [3.8, 4) is 16.9 Å². The van der Waals surface area contributed by atoms with Crippen LogP contribution in [0.3, 0.4) is 0 Å². The molecule has 5 rings (SSSR count). The van der Waals surface area contributed by atoms with E-state index in [2.05, 4.69) is 13.0 Å². The molecule has 1 unspecified atom stereocenters. The van der Waals surface area contributed by atoms with Gasteiger partial charge in [0.25, 0.3) is 11.7 Å². The van der Waals surface area contributed by atoms with Crippen molar-refractivity contribution >= 4 is 40.7 Å². The number of carbonyl (C=O) groups is 2. The van der Waals surface area contributed by atoms with Gasteiger partial charge in [-0.05, 0) is 55.4 Å². The number of allylic oxidation sites excluding steroid dienone is 1. The third-order valence-electron chi connectivity index (χ3n) is 8.04. The van der Waals surface area contributed by atoms with Gasteiger partial charge in [0.15, 0.2) is 0 Å². The predicted molar refractivity (Wildman–Crippen MR) is 162 cm³/mol. The van der Waals surface area contributed by atoms with Crippen molar-refractivity contribution < 1.29 is 27.5 Å². The number of rotatable bonds is 8. The standard InChI is InChI=1S/C33H33ClF3NO3S/c1-3-41-27-17-16-23(21-12-14-22(15-13-21)31(39)33(35,36)37)18-24(27)19-38(25-9-5-4-6-10-25)32(40)30-28(34)26-11-7-8-20(2)29(26)42-30/h7,11-18,20,25H,3-6,8-10,19H2,1-2H3. The van der Waals surface area contributed by atoms with Crippen molar-refractivity contribution in [1.29, 1.82) is 0 Å². The fourth-order valence-corrected chi connectivity index (χ4v) is 7.45. The van der Waals surface area contributed by atoms with Gasteiger partial charge in [-0.15, -0.1) is 11.3 Å². The highest BCUT2D eigenvalue weighted by molar-refractivity contribution is 7.15. The Morgan fingerprint density at radius 1 is 1.05 bits per heavy atom. The average Bonchev–Trinajstić information content (AvgIpc) is 3.33. The summed E-state index contributed by atoms with van der Waals surface area (Å²) in [7, 11) is 0. The third kappa shape index (κ3) is 6.30. The topological polar surface area (TPSA) is 46.6 Å². The highest BCUT2D eigenvalue weighted by Crippen LogP contribution is 2.43. The first-order chi connectivity index (χ1) is 20.1. The number of hydrogen-bond donors (Lipinski definition) is 0. The number of nitrogens with zero attached hydrogens (tertiary/aromatic N) is 1. The molecule has 0 aliphatic heterocycles. The monoisotopic (exact) mass is 615 g/mol. The summed E-state index contributed by atoms with van der Waals surface area (Å²) in [5.41, 5.74) is 2.74. The van der Waals surface area contributed by atoms with Crippen LogP contribution < -0.4 is 4.74 Å². The molecule has 2 aromatic carbocycles. The predicted octanol–water partition coefficient (Wildman–Crippen LogP) is 9.71. The van der Waals surface area contributed by atoms with Gasteiger partial charge < -0.3 is 9.64 Å². The van der Waals surface area contributed by atoms with Crippen LogP contribution in [0.2, 0.25) is 5.02 Å². The lowest BCUT2D eigenvalue weighted by Gasteiger charge is -2.35. The molecule has 0 bridgehead atoms. The first-order valence-electron chi connectivity index (χ1n) is 14.4. The number of thiophene rings is 1. The Hall–Kier alpha value is -3.10. The van der Waals surface area contributed by atoms with Crippen LogP contribution in [0.1, 0.15) is 94.3 Å². The fourth-order valence-electron chi connectivity index (χ4n) is 5.83. The van der Waals surface area contributed by atoms with E-state index >= 15 is 0 Å². The molecule has 222 valence electrons. The number of halogens is 4. The maximum absolute atomic E-state index is 14.3. The van der Waals surface area contributed by atoms with E-state index in [4.69, 9.17) is 16.3 Å². The van der Waals surface area contributed by atoms with Crippen LogP contribution >= 0.6 is 22.9 Å². The minimum atomic E-state index is -4.93. The first-order valence-corrected chi connectivity index (χ1v) is 15.5. The zero-order valence-electron chi connectivity index (χ0n) is 23.6. The quantitative estimate of drug-likeness (QED) is 0.237. The molecule has 1 amide bonds. The summed E-state index contributed by atoms with van der Waals surface area (Å²) < 4.78 is 44.6. The molecular weight excluding hydrogens is 583 g/mol. The molecule has 0 spiro atoms. The molecule has 4 nitrogen and oxygen atoms in total. The molecule has 1 aromatic heterocycles. The fraction of sp³-hybridized carbons (Fsp3) is 0.394. The second-order valence-corrected chi connectivity index (χ2v) is 12.4. The number of benzene rings is 2. The van der Waals surface area contributed by atoms with Gasteiger partial charge in [0.1, 0.15) is 10.6 Å². The van der Waals surface area contributed by atoms with Gasteiger partial charge in [0.05, 0.1) is 11.6 Å². The minimum absolute atomic E-state index is 0.0557. The van der Waals surface area contributed by atoms with Crippen molar-refractivity contribution in [2.45, 2.75) is 77.1 Å². The number of Topliss-reactive ketones (excluding diaryl/α,β-unsaturated/α-hetero) is 1. The molecular formula is C33H33ClF3NO3S. The smallest absolute Gasteiger partial charge is 0.454 e. The van der Waals surface area contributed by atoms with Gasteiger partial charge in [-0.1, -0.05) is 80.3 Å². The van der Waals surface area contributed by atoms with Gasteiger partial charge in [0.2, 0.25) is 0 Å². The van der Waals surface area contributed by atoms with E-state index in [1.54, 1.807) is 0 Å². The first kappa shape index (κ1) is 30.4. The zero-order valence-corrected chi connectivity index (χ0v) is 25.2. The largest absolute Gasteiger partial charge is 0.494 e.